The second kappa shape index (κ2) is 6.25. The Kier molecular flexibility index (Phi) is 3.86. The lowest BCUT2D eigenvalue weighted by molar-refractivity contribution is 0.243. The van der Waals surface area contributed by atoms with Gasteiger partial charge in [0.2, 0.25) is 0 Å². The van der Waals surface area contributed by atoms with Gasteiger partial charge in [0, 0.05) is 42.8 Å². The topological polar surface area (TPSA) is 63.4 Å². The fourth-order valence-electron chi connectivity index (χ4n) is 3.94. The number of hydrogen-bond donors (Lipinski definition) is 1. The van der Waals surface area contributed by atoms with Gasteiger partial charge in [-0.05, 0) is 32.8 Å². The largest absolute Gasteiger partial charge is 0.491 e. The number of aromatic nitrogens is 2. The Labute approximate surface area is 156 Å². The van der Waals surface area contributed by atoms with Gasteiger partial charge in [-0.2, -0.15) is 4.98 Å². The van der Waals surface area contributed by atoms with Gasteiger partial charge in [0.1, 0.15) is 16.3 Å². The van der Waals surface area contributed by atoms with Crippen molar-refractivity contribution >= 4 is 28.5 Å². The van der Waals surface area contributed by atoms with Crippen LogP contribution in [0.5, 0.6) is 5.75 Å². The van der Waals surface area contributed by atoms with Crippen LogP contribution in [-0.4, -0.2) is 41.2 Å². The van der Waals surface area contributed by atoms with Crippen LogP contribution in [0.1, 0.15) is 26.7 Å². The first-order valence-corrected chi connectivity index (χ1v) is 10.1. The van der Waals surface area contributed by atoms with Gasteiger partial charge in [-0.25, -0.2) is 4.98 Å². The number of thiazole rings is 1. The summed E-state index contributed by atoms with van der Waals surface area (Å²) >= 11 is 1.60. The molecule has 2 aliphatic rings. The summed E-state index contributed by atoms with van der Waals surface area (Å²) < 4.78 is 12.2. The first-order valence-electron chi connectivity index (χ1n) is 9.18. The Hall–Kier alpha value is -2.12. The van der Waals surface area contributed by atoms with Crippen molar-refractivity contribution in [2.75, 3.05) is 18.0 Å². The fraction of sp³-hybridized carbons (Fsp3) is 0.474. The van der Waals surface area contributed by atoms with Crippen molar-refractivity contribution in [3.05, 3.63) is 23.7 Å². The van der Waals surface area contributed by atoms with Crippen LogP contribution in [0.4, 0.5) is 6.01 Å². The van der Waals surface area contributed by atoms with E-state index < -0.39 is 0 Å². The minimum atomic E-state index is 0.103. The van der Waals surface area contributed by atoms with Crippen molar-refractivity contribution in [2.45, 2.75) is 44.9 Å². The average Bonchev–Trinajstić information content (AvgIpc) is 3.33. The van der Waals surface area contributed by atoms with Gasteiger partial charge in [-0.15, -0.1) is 11.3 Å². The molecule has 0 aliphatic carbocycles. The van der Waals surface area contributed by atoms with E-state index in [4.69, 9.17) is 14.1 Å². The summed E-state index contributed by atoms with van der Waals surface area (Å²) in [6.45, 7) is 5.95. The summed E-state index contributed by atoms with van der Waals surface area (Å²) in [5.41, 5.74) is 2.57. The van der Waals surface area contributed by atoms with Crippen LogP contribution >= 0.6 is 11.3 Å². The molecule has 0 amide bonds. The number of oxazole rings is 1. The molecule has 2 aliphatic heterocycles. The van der Waals surface area contributed by atoms with Gasteiger partial charge in [0.25, 0.3) is 6.01 Å². The molecule has 3 aromatic rings. The summed E-state index contributed by atoms with van der Waals surface area (Å²) in [7, 11) is 0. The number of fused-ring (bicyclic) bond motifs is 3. The summed E-state index contributed by atoms with van der Waals surface area (Å²) in [5, 5.41) is 6.55. The first-order chi connectivity index (χ1) is 12.7. The van der Waals surface area contributed by atoms with Gasteiger partial charge in [-0.1, -0.05) is 0 Å². The van der Waals surface area contributed by atoms with E-state index in [-0.39, 0.29) is 6.10 Å². The van der Waals surface area contributed by atoms with Crippen LogP contribution in [0.25, 0.3) is 21.7 Å². The van der Waals surface area contributed by atoms with Gasteiger partial charge < -0.3 is 19.4 Å². The lowest BCUT2D eigenvalue weighted by atomic mass is 10.2. The molecule has 1 aromatic carbocycles. The van der Waals surface area contributed by atoms with Crippen molar-refractivity contribution in [3.8, 4) is 16.3 Å². The normalized spacial score (nSPS) is 22.5. The Balaban J connectivity index is 1.59. The highest BCUT2D eigenvalue weighted by Gasteiger charge is 2.34. The molecule has 5 rings (SSSR count). The summed E-state index contributed by atoms with van der Waals surface area (Å²) in [6, 6.07) is 5.77. The van der Waals surface area contributed by atoms with Crippen molar-refractivity contribution in [1.82, 2.24) is 15.3 Å². The molecule has 1 N–H and O–H groups in total. The summed E-state index contributed by atoms with van der Waals surface area (Å²) in [5.74, 6) is 0.804. The summed E-state index contributed by atoms with van der Waals surface area (Å²) in [4.78, 5) is 11.5. The van der Waals surface area contributed by atoms with Gasteiger partial charge in [-0.3, -0.25) is 0 Å². The highest BCUT2D eigenvalue weighted by molar-refractivity contribution is 7.13. The minimum absolute atomic E-state index is 0.103. The molecule has 6 nitrogen and oxygen atoms in total. The van der Waals surface area contributed by atoms with E-state index in [0.29, 0.717) is 18.1 Å². The van der Waals surface area contributed by atoms with Gasteiger partial charge >= 0.3 is 0 Å². The second-order valence-corrected chi connectivity index (χ2v) is 8.26. The quantitative estimate of drug-likeness (QED) is 0.756. The molecular formula is C19H22N4O2S. The number of rotatable bonds is 4. The summed E-state index contributed by atoms with van der Waals surface area (Å²) in [6.07, 6.45) is 4.38. The second-order valence-electron chi connectivity index (χ2n) is 7.36. The highest BCUT2D eigenvalue weighted by Crippen LogP contribution is 2.37. The van der Waals surface area contributed by atoms with Crippen LogP contribution in [-0.2, 0) is 0 Å². The Bertz CT molecular complexity index is 909. The maximum Gasteiger partial charge on any atom is 0.298 e. The van der Waals surface area contributed by atoms with Crippen molar-refractivity contribution < 1.29 is 9.15 Å². The zero-order valence-electron chi connectivity index (χ0n) is 14.9. The molecular weight excluding hydrogens is 348 g/mol. The highest BCUT2D eigenvalue weighted by atomic mass is 32.1. The molecule has 136 valence electrons. The van der Waals surface area contributed by atoms with E-state index in [9.17, 15) is 0 Å². The Morgan fingerprint density at radius 1 is 1.27 bits per heavy atom. The van der Waals surface area contributed by atoms with Crippen molar-refractivity contribution in [3.63, 3.8) is 0 Å². The predicted octanol–water partition coefficient (Wildman–Crippen LogP) is 3.68. The van der Waals surface area contributed by atoms with Gasteiger partial charge in [0.15, 0.2) is 5.58 Å². The smallest absolute Gasteiger partial charge is 0.298 e. The number of ether oxygens (including phenoxy) is 1. The molecule has 2 unspecified atom stereocenters. The number of anilines is 1. The molecule has 0 spiro atoms. The van der Waals surface area contributed by atoms with E-state index >= 15 is 0 Å². The van der Waals surface area contributed by atoms with Crippen LogP contribution < -0.4 is 15.0 Å². The molecule has 26 heavy (non-hydrogen) atoms. The molecule has 2 atom stereocenters. The molecule has 0 radical (unpaired) electrons. The molecule has 7 heteroatoms. The third-order valence-electron chi connectivity index (χ3n) is 4.97. The Morgan fingerprint density at radius 3 is 2.77 bits per heavy atom. The lowest BCUT2D eigenvalue weighted by Crippen LogP contribution is -2.51. The van der Waals surface area contributed by atoms with Crippen LogP contribution in [0.3, 0.4) is 0 Å². The van der Waals surface area contributed by atoms with E-state index in [1.165, 1.54) is 12.8 Å². The monoisotopic (exact) mass is 370 g/mol. The number of nitrogens with zero attached hydrogens (tertiary/aromatic N) is 3. The standard InChI is InChI=1S/C19H22N4O2S/c1-11(2)24-14-7-15(18-20-5-6-26-18)17-16(8-14)22-19(25-17)23-9-12-3-4-13(10-23)21-12/h5-8,11-13,21H,3-4,9-10H2,1-2H3. The van der Waals surface area contributed by atoms with Crippen molar-refractivity contribution in [2.24, 2.45) is 0 Å². The number of nitrogens with one attached hydrogen (secondary N) is 1. The molecule has 0 saturated carbocycles. The fourth-order valence-corrected chi connectivity index (χ4v) is 4.59. The van der Waals surface area contributed by atoms with E-state index in [1.807, 2.05) is 37.6 Å². The zero-order valence-corrected chi connectivity index (χ0v) is 15.8. The van der Waals surface area contributed by atoms with Crippen LogP contribution in [0.15, 0.2) is 28.1 Å². The molecule has 2 bridgehead atoms. The molecule has 2 fully saturated rings. The van der Waals surface area contributed by atoms with Crippen LogP contribution in [0.2, 0.25) is 0 Å². The number of piperazine rings is 1. The van der Waals surface area contributed by atoms with Crippen LogP contribution in [0, 0.1) is 0 Å². The molecule has 2 saturated heterocycles. The molecule has 2 aromatic heterocycles. The maximum absolute atomic E-state index is 6.25. The van der Waals surface area contributed by atoms with E-state index in [2.05, 4.69) is 15.2 Å². The van der Waals surface area contributed by atoms with Crippen molar-refractivity contribution in [1.29, 1.82) is 0 Å². The number of benzene rings is 1. The van der Waals surface area contributed by atoms with Gasteiger partial charge in [0.05, 0.1) is 11.7 Å². The minimum Gasteiger partial charge on any atom is -0.491 e. The number of hydrogen-bond acceptors (Lipinski definition) is 7. The molecule has 4 heterocycles. The maximum atomic E-state index is 6.25. The predicted molar refractivity (Wildman–Crippen MR) is 103 cm³/mol. The third kappa shape index (κ3) is 2.85. The van der Waals surface area contributed by atoms with E-state index in [1.54, 1.807) is 11.3 Å². The third-order valence-corrected chi connectivity index (χ3v) is 5.78. The Morgan fingerprint density at radius 2 is 2.08 bits per heavy atom. The SMILES string of the molecule is CC(C)Oc1cc(-c2nccs2)c2oc(N3CC4CCC(C3)N4)nc2c1. The van der Waals surface area contributed by atoms with E-state index in [0.717, 1.165) is 40.5 Å². The lowest BCUT2D eigenvalue weighted by Gasteiger charge is -2.31. The zero-order chi connectivity index (χ0) is 17.7. The first kappa shape index (κ1) is 16.1. The average molecular weight is 370 g/mol.